The second-order valence-corrected chi connectivity index (χ2v) is 10.4. The van der Waals surface area contributed by atoms with Crippen LogP contribution < -0.4 is 10.2 Å². The van der Waals surface area contributed by atoms with Gasteiger partial charge < -0.3 is 10.2 Å². The molecule has 1 saturated heterocycles. The average molecular weight is 456 g/mol. The van der Waals surface area contributed by atoms with E-state index in [4.69, 9.17) is 9.97 Å². The van der Waals surface area contributed by atoms with E-state index >= 15 is 0 Å². The van der Waals surface area contributed by atoms with Crippen molar-refractivity contribution in [2.75, 3.05) is 36.4 Å². The number of hydrogen-bond acceptors (Lipinski definition) is 6. The first-order valence-electron chi connectivity index (χ1n) is 12.2. The highest BCUT2D eigenvalue weighted by atomic mass is 16.1. The molecular weight excluding hydrogens is 422 g/mol. The number of rotatable bonds is 5. The zero-order chi connectivity index (χ0) is 23.7. The van der Waals surface area contributed by atoms with Crippen molar-refractivity contribution in [1.29, 1.82) is 0 Å². The van der Waals surface area contributed by atoms with Crippen LogP contribution in [0, 0.1) is 12.3 Å². The molecule has 2 heterocycles. The van der Waals surface area contributed by atoms with Crippen LogP contribution in [0.4, 0.5) is 17.5 Å². The van der Waals surface area contributed by atoms with Crippen LogP contribution in [0.15, 0.2) is 54.6 Å². The van der Waals surface area contributed by atoms with Gasteiger partial charge in [-0.1, -0.05) is 61.9 Å². The maximum atomic E-state index is 13.1. The van der Waals surface area contributed by atoms with Crippen LogP contribution in [-0.4, -0.2) is 46.8 Å². The number of piperazine rings is 1. The summed E-state index contributed by atoms with van der Waals surface area (Å²) in [7, 11) is 0. The number of ketones is 1. The van der Waals surface area contributed by atoms with Crippen LogP contribution in [0.1, 0.15) is 47.4 Å². The number of hydrogen-bond donors (Lipinski definition) is 1. The van der Waals surface area contributed by atoms with Crippen LogP contribution in [0.5, 0.6) is 0 Å². The molecule has 0 amide bonds. The van der Waals surface area contributed by atoms with Crippen molar-refractivity contribution in [3.05, 3.63) is 77.0 Å². The Morgan fingerprint density at radius 1 is 0.912 bits per heavy atom. The molecule has 1 N–H and O–H groups in total. The molecule has 0 bridgehead atoms. The molecule has 0 unspecified atom stereocenters. The van der Waals surface area contributed by atoms with E-state index in [-0.39, 0.29) is 11.2 Å². The van der Waals surface area contributed by atoms with Gasteiger partial charge in [-0.25, -0.2) is 4.98 Å². The molecule has 2 aliphatic rings. The maximum Gasteiger partial charge on any atom is 0.227 e. The largest absolute Gasteiger partial charge is 0.339 e. The van der Waals surface area contributed by atoms with E-state index < -0.39 is 0 Å². The molecule has 3 aromatic rings. The van der Waals surface area contributed by atoms with Crippen molar-refractivity contribution in [1.82, 2.24) is 14.9 Å². The van der Waals surface area contributed by atoms with Crippen LogP contribution in [-0.2, 0) is 13.0 Å². The fraction of sp³-hybridized carbons (Fsp3) is 0.393. The Kier molecular flexibility index (Phi) is 6.09. The summed E-state index contributed by atoms with van der Waals surface area (Å²) in [5.41, 5.74) is 4.90. The van der Waals surface area contributed by atoms with Gasteiger partial charge in [0.2, 0.25) is 5.95 Å². The number of carbonyl (C=O) groups excluding carboxylic acids is 1. The van der Waals surface area contributed by atoms with E-state index in [0.717, 1.165) is 56.5 Å². The van der Waals surface area contributed by atoms with E-state index in [1.54, 1.807) is 0 Å². The molecule has 6 nitrogen and oxygen atoms in total. The Hall–Kier alpha value is -3.25. The van der Waals surface area contributed by atoms with E-state index in [1.807, 2.05) is 12.1 Å². The summed E-state index contributed by atoms with van der Waals surface area (Å²) in [6.45, 7) is 11.0. The molecule has 6 heteroatoms. The predicted molar refractivity (Wildman–Crippen MR) is 137 cm³/mol. The van der Waals surface area contributed by atoms with Gasteiger partial charge >= 0.3 is 0 Å². The van der Waals surface area contributed by atoms with Crippen LogP contribution in [0.25, 0.3) is 0 Å². The van der Waals surface area contributed by atoms with Crippen LogP contribution >= 0.6 is 0 Å². The lowest BCUT2D eigenvalue weighted by atomic mass is 9.75. The zero-order valence-corrected chi connectivity index (χ0v) is 20.3. The summed E-state index contributed by atoms with van der Waals surface area (Å²) in [6.07, 6.45) is 1.30. The van der Waals surface area contributed by atoms with Crippen molar-refractivity contribution in [2.24, 2.45) is 5.41 Å². The van der Waals surface area contributed by atoms with Gasteiger partial charge in [-0.3, -0.25) is 9.69 Å². The Morgan fingerprint density at radius 3 is 2.32 bits per heavy atom. The molecular formula is C28H33N5O. The molecule has 5 rings (SSSR count). The molecule has 0 radical (unpaired) electrons. The third kappa shape index (κ3) is 4.97. The summed E-state index contributed by atoms with van der Waals surface area (Å²) in [5.74, 6) is 1.48. The summed E-state index contributed by atoms with van der Waals surface area (Å²) in [5, 5.41) is 3.43. The fourth-order valence-corrected chi connectivity index (χ4v) is 4.91. The topological polar surface area (TPSA) is 61.4 Å². The number of benzene rings is 2. The molecule has 1 aliphatic heterocycles. The Bertz CT molecular complexity index is 1170. The lowest BCUT2D eigenvalue weighted by Crippen LogP contribution is -2.46. The smallest absolute Gasteiger partial charge is 0.227 e. The average Bonchev–Trinajstić information content (AvgIpc) is 2.80. The summed E-state index contributed by atoms with van der Waals surface area (Å²) >= 11 is 0. The second kappa shape index (κ2) is 9.18. The standard InChI is InChI=1S/C28H33N5O/c1-20-9-11-22(12-10-20)29-26-25-23(17-28(2,3)18-24(25)34)30-27(31-26)33-15-13-32(14-16-33)19-21-7-5-4-6-8-21/h4-12H,13-19H2,1-3H3,(H,29,30,31). The van der Waals surface area contributed by atoms with E-state index in [2.05, 4.69) is 78.4 Å². The molecule has 1 aliphatic carbocycles. The minimum absolute atomic E-state index is 0.0920. The lowest BCUT2D eigenvalue weighted by molar-refractivity contribution is 0.0911. The molecule has 2 aromatic carbocycles. The number of anilines is 3. The third-order valence-corrected chi connectivity index (χ3v) is 6.75. The predicted octanol–water partition coefficient (Wildman–Crippen LogP) is 5.01. The van der Waals surface area contributed by atoms with Gasteiger partial charge in [-0.15, -0.1) is 0 Å². The monoisotopic (exact) mass is 455 g/mol. The first-order valence-corrected chi connectivity index (χ1v) is 12.2. The molecule has 1 aromatic heterocycles. The minimum atomic E-state index is -0.0920. The normalized spacial score (nSPS) is 18.0. The van der Waals surface area contributed by atoms with Gasteiger partial charge in [0.15, 0.2) is 5.78 Å². The van der Waals surface area contributed by atoms with E-state index in [9.17, 15) is 4.79 Å². The van der Waals surface area contributed by atoms with E-state index in [0.29, 0.717) is 17.8 Å². The maximum absolute atomic E-state index is 13.1. The minimum Gasteiger partial charge on any atom is -0.339 e. The number of fused-ring (bicyclic) bond motifs is 1. The highest BCUT2D eigenvalue weighted by molar-refractivity contribution is 6.03. The summed E-state index contributed by atoms with van der Waals surface area (Å²) in [4.78, 5) is 27.7. The van der Waals surface area contributed by atoms with Gasteiger partial charge in [0, 0.05) is 44.8 Å². The quantitative estimate of drug-likeness (QED) is 0.584. The number of aryl methyl sites for hydroxylation is 1. The SMILES string of the molecule is Cc1ccc(Nc2nc(N3CCN(Cc4ccccc4)CC3)nc3c2C(=O)CC(C)(C)C3)cc1. The first-order chi connectivity index (χ1) is 16.4. The van der Waals surface area contributed by atoms with Gasteiger partial charge in [-0.2, -0.15) is 4.98 Å². The number of aromatic nitrogens is 2. The summed E-state index contributed by atoms with van der Waals surface area (Å²) in [6, 6.07) is 18.8. The Morgan fingerprint density at radius 2 is 1.62 bits per heavy atom. The molecule has 0 atom stereocenters. The van der Waals surface area contributed by atoms with Gasteiger partial charge in [0.05, 0.1) is 11.3 Å². The number of nitrogens with one attached hydrogen (secondary N) is 1. The highest BCUT2D eigenvalue weighted by Crippen LogP contribution is 2.38. The fourth-order valence-electron chi connectivity index (χ4n) is 4.91. The zero-order valence-electron chi connectivity index (χ0n) is 20.3. The second-order valence-electron chi connectivity index (χ2n) is 10.4. The molecule has 176 valence electrons. The summed E-state index contributed by atoms with van der Waals surface area (Å²) < 4.78 is 0. The number of carbonyl (C=O) groups is 1. The third-order valence-electron chi connectivity index (χ3n) is 6.75. The van der Waals surface area contributed by atoms with Crippen molar-refractivity contribution in [2.45, 2.75) is 40.2 Å². The van der Waals surface area contributed by atoms with Gasteiger partial charge in [-0.05, 0) is 36.5 Å². The van der Waals surface area contributed by atoms with Crippen molar-refractivity contribution >= 4 is 23.2 Å². The van der Waals surface area contributed by atoms with Crippen LogP contribution in [0.3, 0.4) is 0 Å². The van der Waals surface area contributed by atoms with Crippen molar-refractivity contribution in [3.63, 3.8) is 0 Å². The molecule has 34 heavy (non-hydrogen) atoms. The van der Waals surface area contributed by atoms with Crippen LogP contribution in [0.2, 0.25) is 0 Å². The highest BCUT2D eigenvalue weighted by Gasteiger charge is 2.35. The molecule has 0 saturated carbocycles. The Labute approximate surface area is 202 Å². The first kappa shape index (κ1) is 22.5. The van der Waals surface area contributed by atoms with E-state index in [1.165, 1.54) is 11.1 Å². The number of Topliss-reactive ketones (excluding diaryl/α,β-unsaturated/α-hetero) is 1. The Balaban J connectivity index is 1.40. The molecule has 1 fully saturated rings. The van der Waals surface area contributed by atoms with Gasteiger partial charge in [0.1, 0.15) is 5.82 Å². The van der Waals surface area contributed by atoms with Crippen molar-refractivity contribution < 1.29 is 4.79 Å². The van der Waals surface area contributed by atoms with Gasteiger partial charge in [0.25, 0.3) is 0 Å². The lowest BCUT2D eigenvalue weighted by Gasteiger charge is -2.36. The van der Waals surface area contributed by atoms with Crippen molar-refractivity contribution in [3.8, 4) is 0 Å². The number of nitrogens with zero attached hydrogens (tertiary/aromatic N) is 4. The molecule has 0 spiro atoms.